The molecule has 1 N–H and O–H groups in total. The van der Waals surface area contributed by atoms with Gasteiger partial charge in [-0.05, 0) is 65.3 Å². The van der Waals surface area contributed by atoms with Crippen molar-refractivity contribution in [1.29, 1.82) is 0 Å². The summed E-state index contributed by atoms with van der Waals surface area (Å²) < 4.78 is 0. The van der Waals surface area contributed by atoms with Crippen LogP contribution in [-0.2, 0) is 0 Å². The highest BCUT2D eigenvalue weighted by Crippen LogP contribution is 2.20. The van der Waals surface area contributed by atoms with Crippen molar-refractivity contribution in [3.8, 4) is 0 Å². The predicted octanol–water partition coefficient (Wildman–Crippen LogP) is 1.54. The molecule has 0 aromatic rings. The Balaban J connectivity index is 1.83. The van der Waals surface area contributed by atoms with Crippen molar-refractivity contribution in [3.05, 3.63) is 0 Å². The summed E-state index contributed by atoms with van der Waals surface area (Å²) in [4.78, 5) is 5.28. The highest BCUT2D eigenvalue weighted by molar-refractivity contribution is 4.83. The molecule has 0 amide bonds. The van der Waals surface area contributed by atoms with Crippen LogP contribution in [0, 0.1) is 0 Å². The molecule has 2 unspecified atom stereocenters. The van der Waals surface area contributed by atoms with Gasteiger partial charge in [-0.15, -0.1) is 0 Å². The molecule has 2 rings (SSSR count). The van der Waals surface area contributed by atoms with E-state index in [-0.39, 0.29) is 0 Å². The first-order valence-corrected chi connectivity index (χ1v) is 7.46. The number of rotatable bonds is 3. The third kappa shape index (κ3) is 3.67. The maximum absolute atomic E-state index is 3.54. The fourth-order valence-corrected chi connectivity index (χ4v) is 3.34. The zero-order valence-corrected chi connectivity index (χ0v) is 11.6. The Morgan fingerprint density at radius 3 is 2.65 bits per heavy atom. The van der Waals surface area contributed by atoms with Crippen molar-refractivity contribution in [2.24, 2.45) is 0 Å². The van der Waals surface area contributed by atoms with Gasteiger partial charge in [-0.1, -0.05) is 6.92 Å². The fraction of sp³-hybridized carbons (Fsp3) is 1.00. The third-order valence-electron chi connectivity index (χ3n) is 4.66. The summed E-state index contributed by atoms with van der Waals surface area (Å²) in [6, 6.07) is 1.60. The first-order valence-electron chi connectivity index (χ1n) is 7.46. The molecule has 0 aliphatic carbocycles. The standard InChI is InChI=1S/C14H29N3/c1-3-17-10-5-7-13(8-11-17)16(2)14-6-4-9-15-12-14/h13-15H,3-12H2,1-2H3. The molecule has 0 bridgehead atoms. The largest absolute Gasteiger partial charge is 0.315 e. The lowest BCUT2D eigenvalue weighted by atomic mass is 10.0. The predicted molar refractivity (Wildman–Crippen MR) is 73.4 cm³/mol. The molecule has 2 aliphatic heterocycles. The van der Waals surface area contributed by atoms with E-state index in [9.17, 15) is 0 Å². The maximum atomic E-state index is 3.54. The van der Waals surface area contributed by atoms with Gasteiger partial charge in [-0.25, -0.2) is 0 Å². The molecule has 17 heavy (non-hydrogen) atoms. The summed E-state index contributed by atoms with van der Waals surface area (Å²) in [5.74, 6) is 0. The molecule has 3 heteroatoms. The molecule has 0 aromatic heterocycles. The Bertz CT molecular complexity index is 214. The highest BCUT2D eigenvalue weighted by Gasteiger charge is 2.25. The van der Waals surface area contributed by atoms with Gasteiger partial charge in [0.1, 0.15) is 0 Å². The number of piperidine rings is 1. The maximum Gasteiger partial charge on any atom is 0.0221 e. The number of hydrogen-bond acceptors (Lipinski definition) is 3. The summed E-state index contributed by atoms with van der Waals surface area (Å²) in [6.45, 7) is 8.54. The van der Waals surface area contributed by atoms with Crippen LogP contribution in [0.5, 0.6) is 0 Å². The average molecular weight is 239 g/mol. The van der Waals surface area contributed by atoms with Gasteiger partial charge in [0.15, 0.2) is 0 Å². The van der Waals surface area contributed by atoms with Crippen molar-refractivity contribution in [3.63, 3.8) is 0 Å². The molecule has 0 saturated carbocycles. The van der Waals surface area contributed by atoms with Crippen LogP contribution in [0.3, 0.4) is 0 Å². The minimum Gasteiger partial charge on any atom is -0.315 e. The minimum atomic E-state index is 0.780. The fourth-order valence-electron chi connectivity index (χ4n) is 3.34. The number of likely N-dealkylation sites (tertiary alicyclic amines) is 1. The zero-order chi connectivity index (χ0) is 12.1. The van der Waals surface area contributed by atoms with Crippen LogP contribution >= 0.6 is 0 Å². The van der Waals surface area contributed by atoms with E-state index in [0.29, 0.717) is 0 Å². The first kappa shape index (κ1) is 13.3. The number of nitrogens with zero attached hydrogens (tertiary/aromatic N) is 2. The van der Waals surface area contributed by atoms with Crippen molar-refractivity contribution in [2.75, 3.05) is 39.8 Å². The van der Waals surface area contributed by atoms with Gasteiger partial charge < -0.3 is 10.2 Å². The van der Waals surface area contributed by atoms with Gasteiger partial charge in [-0.2, -0.15) is 0 Å². The molecule has 3 nitrogen and oxygen atoms in total. The molecule has 2 atom stereocenters. The van der Waals surface area contributed by atoms with Crippen LogP contribution in [0.2, 0.25) is 0 Å². The second kappa shape index (κ2) is 6.72. The van der Waals surface area contributed by atoms with Crippen molar-refractivity contribution < 1.29 is 0 Å². The number of nitrogens with one attached hydrogen (secondary N) is 1. The monoisotopic (exact) mass is 239 g/mol. The van der Waals surface area contributed by atoms with E-state index in [4.69, 9.17) is 0 Å². The van der Waals surface area contributed by atoms with Crippen molar-refractivity contribution in [1.82, 2.24) is 15.1 Å². The van der Waals surface area contributed by atoms with E-state index in [1.54, 1.807) is 0 Å². The summed E-state index contributed by atoms with van der Waals surface area (Å²) in [5, 5.41) is 3.54. The molecule has 0 radical (unpaired) electrons. The lowest BCUT2D eigenvalue weighted by Gasteiger charge is -2.37. The Morgan fingerprint density at radius 2 is 1.94 bits per heavy atom. The van der Waals surface area contributed by atoms with Gasteiger partial charge >= 0.3 is 0 Å². The third-order valence-corrected chi connectivity index (χ3v) is 4.66. The van der Waals surface area contributed by atoms with Crippen LogP contribution in [-0.4, -0.2) is 61.7 Å². The summed E-state index contributed by atoms with van der Waals surface area (Å²) in [5.41, 5.74) is 0. The summed E-state index contributed by atoms with van der Waals surface area (Å²) >= 11 is 0. The molecule has 0 aromatic carbocycles. The van der Waals surface area contributed by atoms with E-state index < -0.39 is 0 Å². The van der Waals surface area contributed by atoms with Crippen molar-refractivity contribution >= 4 is 0 Å². The summed E-state index contributed by atoms with van der Waals surface area (Å²) in [6.07, 6.45) is 6.87. The molecular formula is C14H29N3. The van der Waals surface area contributed by atoms with Gasteiger partial charge in [0.2, 0.25) is 0 Å². The molecule has 0 spiro atoms. The first-order chi connectivity index (χ1) is 8.31. The van der Waals surface area contributed by atoms with E-state index in [1.807, 2.05) is 0 Å². The molecule has 2 saturated heterocycles. The number of likely N-dealkylation sites (N-methyl/N-ethyl adjacent to an activating group) is 1. The highest BCUT2D eigenvalue weighted by atomic mass is 15.2. The second-order valence-electron chi connectivity index (χ2n) is 5.68. The van der Waals surface area contributed by atoms with Crippen molar-refractivity contribution in [2.45, 2.75) is 51.1 Å². The molecular weight excluding hydrogens is 210 g/mol. The van der Waals surface area contributed by atoms with Gasteiger partial charge in [0.05, 0.1) is 0 Å². The zero-order valence-electron chi connectivity index (χ0n) is 11.6. The number of hydrogen-bond donors (Lipinski definition) is 1. The molecule has 100 valence electrons. The molecule has 2 aliphatic rings. The lowest BCUT2D eigenvalue weighted by molar-refractivity contribution is 0.134. The molecule has 2 fully saturated rings. The smallest absolute Gasteiger partial charge is 0.0221 e. The lowest BCUT2D eigenvalue weighted by Crippen LogP contribution is -2.48. The van der Waals surface area contributed by atoms with Crippen LogP contribution < -0.4 is 5.32 Å². The Kier molecular flexibility index (Phi) is 5.26. The topological polar surface area (TPSA) is 18.5 Å². The Hall–Kier alpha value is -0.120. The second-order valence-corrected chi connectivity index (χ2v) is 5.68. The van der Waals surface area contributed by atoms with Gasteiger partial charge in [-0.3, -0.25) is 4.90 Å². The van der Waals surface area contributed by atoms with E-state index >= 15 is 0 Å². The van der Waals surface area contributed by atoms with Crippen LogP contribution in [0.25, 0.3) is 0 Å². The summed E-state index contributed by atoms with van der Waals surface area (Å²) in [7, 11) is 2.35. The minimum absolute atomic E-state index is 0.780. The Labute approximate surface area is 107 Å². The van der Waals surface area contributed by atoms with Crippen LogP contribution in [0.4, 0.5) is 0 Å². The normalized spacial score (nSPS) is 32.6. The molecule has 2 heterocycles. The van der Waals surface area contributed by atoms with E-state index in [1.165, 1.54) is 64.8 Å². The SMILES string of the molecule is CCN1CCCC(N(C)C2CCCNC2)CC1. The average Bonchev–Trinajstić information content (AvgIpc) is 2.64. The van der Waals surface area contributed by atoms with Crippen LogP contribution in [0.15, 0.2) is 0 Å². The van der Waals surface area contributed by atoms with E-state index in [0.717, 1.165) is 12.1 Å². The van der Waals surface area contributed by atoms with Gasteiger partial charge in [0, 0.05) is 18.6 Å². The van der Waals surface area contributed by atoms with Crippen LogP contribution in [0.1, 0.15) is 39.0 Å². The Morgan fingerprint density at radius 1 is 1.12 bits per heavy atom. The quantitative estimate of drug-likeness (QED) is 0.806. The van der Waals surface area contributed by atoms with Gasteiger partial charge in [0.25, 0.3) is 0 Å². The van der Waals surface area contributed by atoms with E-state index in [2.05, 4.69) is 29.1 Å².